The number of hydrogen-bond acceptors (Lipinski definition) is 4. The van der Waals surface area contributed by atoms with Gasteiger partial charge < -0.3 is 9.84 Å². The van der Waals surface area contributed by atoms with Crippen LogP contribution in [0.15, 0.2) is 0 Å². The van der Waals surface area contributed by atoms with E-state index < -0.39 is 5.97 Å². The first-order valence-electron chi connectivity index (χ1n) is 4.67. The van der Waals surface area contributed by atoms with E-state index in [2.05, 4.69) is 5.48 Å². The molecular weight excluding hydrogens is 202 g/mol. The van der Waals surface area contributed by atoms with Gasteiger partial charge in [-0.3, -0.25) is 14.4 Å². The van der Waals surface area contributed by atoms with E-state index in [0.29, 0.717) is 6.61 Å². The summed E-state index contributed by atoms with van der Waals surface area (Å²) in [6.45, 7) is 2.36. The summed E-state index contributed by atoms with van der Waals surface area (Å²) >= 11 is 0. The van der Waals surface area contributed by atoms with E-state index in [1.54, 1.807) is 6.92 Å². The molecule has 0 aliphatic rings. The van der Waals surface area contributed by atoms with Crippen molar-refractivity contribution in [1.82, 2.24) is 5.48 Å². The fourth-order valence-electron chi connectivity index (χ4n) is 0.985. The Bertz CT molecular complexity index is 207. The van der Waals surface area contributed by atoms with E-state index in [0.717, 1.165) is 0 Å². The third-order valence-electron chi connectivity index (χ3n) is 1.63. The van der Waals surface area contributed by atoms with Crippen molar-refractivity contribution in [3.05, 3.63) is 0 Å². The van der Waals surface area contributed by atoms with Crippen LogP contribution in [0.25, 0.3) is 0 Å². The van der Waals surface area contributed by atoms with Gasteiger partial charge in [-0.2, -0.15) is 0 Å². The summed E-state index contributed by atoms with van der Waals surface area (Å²) in [5.41, 5.74) is 2.21. The first kappa shape index (κ1) is 13.9. The molecule has 0 fully saturated rings. The number of ether oxygens (including phenoxy) is 1. The largest absolute Gasteiger partial charge is 0.481 e. The number of carbonyl (C=O) groups excluding carboxylic acids is 1. The van der Waals surface area contributed by atoms with Crippen LogP contribution < -0.4 is 5.48 Å². The van der Waals surface area contributed by atoms with Crippen molar-refractivity contribution in [3.63, 3.8) is 0 Å². The summed E-state index contributed by atoms with van der Waals surface area (Å²) in [6.07, 6.45) is 0.116. The number of hydroxylamine groups is 1. The zero-order valence-electron chi connectivity index (χ0n) is 8.99. The molecule has 88 valence electrons. The van der Waals surface area contributed by atoms with Gasteiger partial charge in [-0.15, -0.1) is 0 Å². The summed E-state index contributed by atoms with van der Waals surface area (Å²) in [4.78, 5) is 26.2. The Morgan fingerprint density at radius 3 is 2.53 bits per heavy atom. The van der Waals surface area contributed by atoms with E-state index >= 15 is 0 Å². The lowest BCUT2D eigenvalue weighted by atomic mass is 10.0. The zero-order chi connectivity index (χ0) is 11.7. The van der Waals surface area contributed by atoms with Gasteiger partial charge in [-0.1, -0.05) is 6.92 Å². The molecule has 0 saturated heterocycles. The van der Waals surface area contributed by atoms with Gasteiger partial charge in [0.25, 0.3) is 0 Å². The smallest absolute Gasteiger partial charge is 0.303 e. The molecule has 0 radical (unpaired) electrons. The fraction of sp³-hybridized carbons (Fsp3) is 0.778. The van der Waals surface area contributed by atoms with Crippen molar-refractivity contribution in [2.75, 3.05) is 20.3 Å². The number of nitrogens with one attached hydrogen (secondary N) is 1. The Labute approximate surface area is 88.5 Å². The van der Waals surface area contributed by atoms with Crippen LogP contribution in [0.3, 0.4) is 0 Å². The Hall–Kier alpha value is -1.14. The summed E-state index contributed by atoms with van der Waals surface area (Å²) in [5.74, 6) is -1.43. The summed E-state index contributed by atoms with van der Waals surface area (Å²) in [7, 11) is 1.53. The van der Waals surface area contributed by atoms with Gasteiger partial charge in [0.05, 0.1) is 13.2 Å². The van der Waals surface area contributed by atoms with Gasteiger partial charge in [-0.25, -0.2) is 5.48 Å². The quantitative estimate of drug-likeness (QED) is 0.449. The molecular formula is C9H17NO5. The highest BCUT2D eigenvalue weighted by molar-refractivity contribution is 5.76. The van der Waals surface area contributed by atoms with E-state index in [-0.39, 0.29) is 31.3 Å². The Morgan fingerprint density at radius 2 is 2.00 bits per heavy atom. The summed E-state index contributed by atoms with van der Waals surface area (Å²) < 4.78 is 4.70. The van der Waals surface area contributed by atoms with Crippen LogP contribution in [0.4, 0.5) is 0 Å². The Morgan fingerprint density at radius 1 is 1.33 bits per heavy atom. The second-order valence-corrected chi connectivity index (χ2v) is 3.27. The van der Waals surface area contributed by atoms with E-state index in [9.17, 15) is 9.59 Å². The van der Waals surface area contributed by atoms with Crippen LogP contribution in [0, 0.1) is 5.92 Å². The van der Waals surface area contributed by atoms with Gasteiger partial charge >= 0.3 is 5.97 Å². The minimum Gasteiger partial charge on any atom is -0.481 e. The van der Waals surface area contributed by atoms with Crippen LogP contribution >= 0.6 is 0 Å². The molecule has 0 aliphatic carbocycles. The van der Waals surface area contributed by atoms with Crippen molar-refractivity contribution >= 4 is 11.9 Å². The molecule has 0 saturated carbocycles. The van der Waals surface area contributed by atoms with Crippen LogP contribution in [-0.4, -0.2) is 37.3 Å². The highest BCUT2D eigenvalue weighted by Crippen LogP contribution is 2.06. The van der Waals surface area contributed by atoms with Gasteiger partial charge in [0.1, 0.15) is 0 Å². The predicted octanol–water partition coefficient (Wildman–Crippen LogP) is 0.181. The number of carbonyl (C=O) groups is 2. The minimum absolute atomic E-state index is 0.0223. The Balaban J connectivity index is 3.51. The highest BCUT2D eigenvalue weighted by Gasteiger charge is 2.12. The molecule has 0 aromatic rings. The second-order valence-electron chi connectivity index (χ2n) is 3.27. The van der Waals surface area contributed by atoms with Crippen molar-refractivity contribution in [1.29, 1.82) is 0 Å². The molecule has 6 heteroatoms. The van der Waals surface area contributed by atoms with E-state index in [1.165, 1.54) is 7.11 Å². The lowest BCUT2D eigenvalue weighted by Gasteiger charge is -2.09. The number of rotatable bonds is 8. The molecule has 0 bridgehead atoms. The number of methoxy groups -OCH3 is 1. The van der Waals surface area contributed by atoms with E-state index in [4.69, 9.17) is 14.7 Å². The Kier molecular flexibility index (Phi) is 7.57. The lowest BCUT2D eigenvalue weighted by Crippen LogP contribution is -2.27. The molecule has 1 atom stereocenters. The average molecular weight is 219 g/mol. The maximum absolute atomic E-state index is 11.1. The predicted molar refractivity (Wildman–Crippen MR) is 52.0 cm³/mol. The molecule has 0 aromatic heterocycles. The van der Waals surface area contributed by atoms with Crippen molar-refractivity contribution < 1.29 is 24.3 Å². The summed E-state index contributed by atoms with van der Waals surface area (Å²) in [6, 6.07) is 0. The zero-order valence-corrected chi connectivity index (χ0v) is 8.99. The molecule has 0 aromatic carbocycles. The van der Waals surface area contributed by atoms with Crippen LogP contribution in [-0.2, 0) is 19.2 Å². The standard InChI is InChI=1S/C9H17NO5/c1-7(6-9(12)13)5-8(11)10-15-4-3-14-2/h7H,3-6H2,1-2H3,(H,10,11)(H,12,13). The molecule has 0 heterocycles. The van der Waals surface area contributed by atoms with Crippen molar-refractivity contribution in [2.45, 2.75) is 19.8 Å². The maximum atomic E-state index is 11.1. The number of amides is 1. The van der Waals surface area contributed by atoms with E-state index in [1.807, 2.05) is 0 Å². The lowest BCUT2D eigenvalue weighted by molar-refractivity contribution is -0.139. The average Bonchev–Trinajstić information content (AvgIpc) is 2.10. The van der Waals surface area contributed by atoms with Crippen LogP contribution in [0.2, 0.25) is 0 Å². The normalized spacial score (nSPS) is 12.1. The van der Waals surface area contributed by atoms with Gasteiger partial charge in [0.2, 0.25) is 5.91 Å². The number of hydrogen-bond donors (Lipinski definition) is 2. The molecule has 1 amide bonds. The van der Waals surface area contributed by atoms with Gasteiger partial charge in [0.15, 0.2) is 0 Å². The maximum Gasteiger partial charge on any atom is 0.303 e. The van der Waals surface area contributed by atoms with Crippen molar-refractivity contribution in [3.8, 4) is 0 Å². The van der Waals surface area contributed by atoms with Crippen molar-refractivity contribution in [2.24, 2.45) is 5.92 Å². The molecule has 6 nitrogen and oxygen atoms in total. The molecule has 15 heavy (non-hydrogen) atoms. The molecule has 0 aliphatic heterocycles. The highest BCUT2D eigenvalue weighted by atomic mass is 16.7. The SMILES string of the molecule is COCCONC(=O)CC(C)CC(=O)O. The van der Waals surface area contributed by atoms with Crippen LogP contribution in [0.5, 0.6) is 0 Å². The third-order valence-corrected chi connectivity index (χ3v) is 1.63. The number of carboxylic acid groups (broad SMARTS) is 1. The second kappa shape index (κ2) is 8.19. The molecule has 1 unspecified atom stereocenters. The monoisotopic (exact) mass is 219 g/mol. The number of carboxylic acids is 1. The fourth-order valence-corrected chi connectivity index (χ4v) is 0.985. The minimum atomic E-state index is -0.907. The topological polar surface area (TPSA) is 84.9 Å². The van der Waals surface area contributed by atoms with Gasteiger partial charge in [0, 0.05) is 20.0 Å². The first-order valence-corrected chi connectivity index (χ1v) is 4.67. The van der Waals surface area contributed by atoms with Gasteiger partial charge in [-0.05, 0) is 5.92 Å². The molecule has 0 spiro atoms. The third kappa shape index (κ3) is 9.17. The number of aliphatic carboxylic acids is 1. The van der Waals surface area contributed by atoms with Crippen LogP contribution in [0.1, 0.15) is 19.8 Å². The molecule has 2 N–H and O–H groups in total. The molecule has 0 rings (SSSR count). The first-order chi connectivity index (χ1) is 7.06. The summed E-state index contributed by atoms with van der Waals surface area (Å²) in [5, 5.41) is 8.46.